The van der Waals surface area contributed by atoms with E-state index in [1.807, 2.05) is 6.07 Å². The van der Waals surface area contributed by atoms with Gasteiger partial charge in [0.15, 0.2) is 0 Å². The van der Waals surface area contributed by atoms with E-state index in [2.05, 4.69) is 10.2 Å². The standard InChI is InChI=1S/C19H21Cl2N3O3S/c1-27-13-5-4-12-15(20)18(28-17(12)16(13)21)19(26)24-8-6-23(7-9-24)10-14(25)22-11-2-3-11/h4-5,11H,2-3,6-10H2,1H3,(H,22,25). The van der Waals surface area contributed by atoms with Crippen LogP contribution < -0.4 is 10.1 Å². The molecule has 0 unspecified atom stereocenters. The third-order valence-corrected chi connectivity index (χ3v) is 7.29. The first-order valence-electron chi connectivity index (χ1n) is 9.23. The topological polar surface area (TPSA) is 61.9 Å². The Morgan fingerprint density at radius 3 is 2.54 bits per heavy atom. The number of fused-ring (bicyclic) bond motifs is 1. The van der Waals surface area contributed by atoms with E-state index in [0.29, 0.717) is 59.4 Å². The molecule has 1 saturated carbocycles. The number of ether oxygens (including phenoxy) is 1. The average molecular weight is 442 g/mol. The van der Waals surface area contributed by atoms with Crippen molar-refractivity contribution in [3.05, 3.63) is 27.1 Å². The highest BCUT2D eigenvalue weighted by Gasteiger charge is 2.29. The van der Waals surface area contributed by atoms with Gasteiger partial charge in [-0.05, 0) is 25.0 Å². The molecular weight excluding hydrogens is 421 g/mol. The van der Waals surface area contributed by atoms with Gasteiger partial charge in [0.2, 0.25) is 5.91 Å². The van der Waals surface area contributed by atoms with Crippen LogP contribution in [0.2, 0.25) is 10.0 Å². The lowest BCUT2D eigenvalue weighted by Gasteiger charge is -2.34. The fourth-order valence-electron chi connectivity index (χ4n) is 3.33. The van der Waals surface area contributed by atoms with E-state index < -0.39 is 0 Å². The van der Waals surface area contributed by atoms with Gasteiger partial charge < -0.3 is 15.0 Å². The van der Waals surface area contributed by atoms with Gasteiger partial charge in [-0.2, -0.15) is 0 Å². The van der Waals surface area contributed by atoms with Gasteiger partial charge in [-0.1, -0.05) is 23.2 Å². The maximum Gasteiger partial charge on any atom is 0.265 e. The molecule has 2 fully saturated rings. The second kappa shape index (κ2) is 8.06. The largest absolute Gasteiger partial charge is 0.495 e. The minimum absolute atomic E-state index is 0.0680. The molecule has 1 aromatic carbocycles. The van der Waals surface area contributed by atoms with Crippen LogP contribution in [0.3, 0.4) is 0 Å². The molecule has 0 spiro atoms. The van der Waals surface area contributed by atoms with Gasteiger partial charge in [0.25, 0.3) is 5.91 Å². The summed E-state index contributed by atoms with van der Waals surface area (Å²) < 4.78 is 6.00. The first kappa shape index (κ1) is 19.8. The summed E-state index contributed by atoms with van der Waals surface area (Å²) in [5.41, 5.74) is 0. The highest BCUT2D eigenvalue weighted by Crippen LogP contribution is 2.43. The van der Waals surface area contributed by atoms with Crippen LogP contribution in [0.15, 0.2) is 12.1 Å². The molecule has 1 aromatic heterocycles. The van der Waals surface area contributed by atoms with Crippen LogP contribution >= 0.6 is 34.5 Å². The molecule has 1 aliphatic carbocycles. The van der Waals surface area contributed by atoms with Crippen molar-refractivity contribution in [2.75, 3.05) is 39.8 Å². The van der Waals surface area contributed by atoms with E-state index in [1.54, 1.807) is 18.1 Å². The number of amides is 2. The Kier molecular flexibility index (Phi) is 5.69. The lowest BCUT2D eigenvalue weighted by atomic mass is 10.2. The maximum atomic E-state index is 13.0. The fraction of sp³-hybridized carbons (Fsp3) is 0.474. The molecule has 28 heavy (non-hydrogen) atoms. The van der Waals surface area contributed by atoms with Crippen LogP contribution in [0.5, 0.6) is 5.75 Å². The summed E-state index contributed by atoms with van der Waals surface area (Å²) in [5.74, 6) is 0.533. The van der Waals surface area contributed by atoms with E-state index in [0.717, 1.165) is 22.9 Å². The molecule has 1 N–H and O–H groups in total. The van der Waals surface area contributed by atoms with Crippen molar-refractivity contribution in [1.29, 1.82) is 0 Å². The van der Waals surface area contributed by atoms with Gasteiger partial charge in [0.1, 0.15) is 15.6 Å². The van der Waals surface area contributed by atoms with E-state index in [1.165, 1.54) is 11.3 Å². The number of nitrogens with one attached hydrogen (secondary N) is 1. The molecule has 2 amide bonds. The number of nitrogens with zero attached hydrogens (tertiary/aromatic N) is 2. The van der Waals surface area contributed by atoms with Gasteiger partial charge >= 0.3 is 0 Å². The lowest BCUT2D eigenvalue weighted by molar-refractivity contribution is -0.122. The molecule has 6 nitrogen and oxygen atoms in total. The van der Waals surface area contributed by atoms with Gasteiger partial charge in [-0.25, -0.2) is 0 Å². The van der Waals surface area contributed by atoms with Crippen molar-refractivity contribution in [3.8, 4) is 5.75 Å². The molecule has 1 saturated heterocycles. The van der Waals surface area contributed by atoms with Crippen molar-refractivity contribution in [2.24, 2.45) is 0 Å². The zero-order valence-electron chi connectivity index (χ0n) is 15.5. The maximum absolute atomic E-state index is 13.0. The van der Waals surface area contributed by atoms with Gasteiger partial charge in [-0.15, -0.1) is 11.3 Å². The van der Waals surface area contributed by atoms with Crippen molar-refractivity contribution in [1.82, 2.24) is 15.1 Å². The average Bonchev–Trinajstić information content (AvgIpc) is 3.43. The number of methoxy groups -OCH3 is 1. The van der Waals surface area contributed by atoms with Crippen LogP contribution in [0.1, 0.15) is 22.5 Å². The minimum atomic E-state index is -0.0942. The summed E-state index contributed by atoms with van der Waals surface area (Å²) in [7, 11) is 1.55. The van der Waals surface area contributed by atoms with E-state index in [-0.39, 0.29) is 11.8 Å². The molecule has 150 valence electrons. The zero-order valence-corrected chi connectivity index (χ0v) is 17.8. The molecule has 9 heteroatoms. The van der Waals surface area contributed by atoms with Gasteiger partial charge in [0.05, 0.1) is 23.4 Å². The summed E-state index contributed by atoms with van der Waals surface area (Å²) in [4.78, 5) is 29.3. The molecule has 2 aliphatic rings. The van der Waals surface area contributed by atoms with Crippen molar-refractivity contribution < 1.29 is 14.3 Å². The number of carbonyl (C=O) groups is 2. The number of benzene rings is 1. The summed E-state index contributed by atoms with van der Waals surface area (Å²) in [6.45, 7) is 2.85. The zero-order chi connectivity index (χ0) is 19.8. The van der Waals surface area contributed by atoms with Crippen molar-refractivity contribution in [2.45, 2.75) is 18.9 Å². The normalized spacial score (nSPS) is 17.8. The Labute approximate surface area is 177 Å². The number of rotatable bonds is 5. The molecular formula is C19H21Cl2N3O3S. The number of hydrogen-bond donors (Lipinski definition) is 1. The molecule has 0 radical (unpaired) electrons. The first-order valence-corrected chi connectivity index (χ1v) is 10.8. The second-order valence-electron chi connectivity index (χ2n) is 7.11. The predicted octanol–water partition coefficient (Wildman–Crippen LogP) is 3.25. The monoisotopic (exact) mass is 441 g/mol. The smallest absolute Gasteiger partial charge is 0.265 e. The Hall–Kier alpha value is -1.54. The molecule has 0 atom stereocenters. The van der Waals surface area contributed by atoms with Crippen LogP contribution in [0.4, 0.5) is 0 Å². The number of halogens is 2. The van der Waals surface area contributed by atoms with Crippen LogP contribution in [-0.2, 0) is 4.79 Å². The van der Waals surface area contributed by atoms with Crippen molar-refractivity contribution >= 4 is 56.4 Å². The molecule has 4 rings (SSSR count). The first-order chi connectivity index (χ1) is 13.5. The molecule has 1 aliphatic heterocycles. The minimum Gasteiger partial charge on any atom is -0.495 e. The predicted molar refractivity (Wildman–Crippen MR) is 112 cm³/mol. The third-order valence-electron chi connectivity index (χ3n) is 5.08. The Morgan fingerprint density at radius 2 is 1.89 bits per heavy atom. The highest BCUT2D eigenvalue weighted by molar-refractivity contribution is 7.22. The van der Waals surface area contributed by atoms with E-state index >= 15 is 0 Å². The van der Waals surface area contributed by atoms with Gasteiger partial charge in [0, 0.05) is 37.6 Å². The lowest BCUT2D eigenvalue weighted by Crippen LogP contribution is -2.51. The highest BCUT2D eigenvalue weighted by atomic mass is 35.5. The summed E-state index contributed by atoms with van der Waals surface area (Å²) in [5, 5.41) is 4.66. The SMILES string of the molecule is COc1ccc2c(Cl)c(C(=O)N3CCN(CC(=O)NC4CC4)CC3)sc2c1Cl. The van der Waals surface area contributed by atoms with Crippen LogP contribution in [-0.4, -0.2) is 67.5 Å². The van der Waals surface area contributed by atoms with Gasteiger partial charge in [-0.3, -0.25) is 14.5 Å². The Balaban J connectivity index is 1.43. The van der Waals surface area contributed by atoms with E-state index in [9.17, 15) is 9.59 Å². The molecule has 2 heterocycles. The summed E-state index contributed by atoms with van der Waals surface area (Å²) >= 11 is 14.2. The number of hydrogen-bond acceptors (Lipinski definition) is 5. The Morgan fingerprint density at radius 1 is 1.18 bits per heavy atom. The Bertz CT molecular complexity index is 921. The number of piperazine rings is 1. The summed E-state index contributed by atoms with van der Waals surface area (Å²) in [6, 6.07) is 3.95. The molecule has 0 bridgehead atoms. The number of carbonyl (C=O) groups excluding carboxylic acids is 2. The summed E-state index contributed by atoms with van der Waals surface area (Å²) in [6.07, 6.45) is 2.17. The van der Waals surface area contributed by atoms with Crippen molar-refractivity contribution in [3.63, 3.8) is 0 Å². The molecule has 2 aromatic rings. The quantitative estimate of drug-likeness (QED) is 0.773. The number of thiophene rings is 1. The van der Waals surface area contributed by atoms with Crippen LogP contribution in [0.25, 0.3) is 10.1 Å². The van der Waals surface area contributed by atoms with Crippen LogP contribution in [0, 0.1) is 0 Å². The fourth-order valence-corrected chi connectivity index (χ4v) is 5.19. The second-order valence-corrected chi connectivity index (χ2v) is 8.89. The van der Waals surface area contributed by atoms with E-state index in [4.69, 9.17) is 27.9 Å². The third kappa shape index (κ3) is 3.94.